The Bertz CT molecular complexity index is 2590. The summed E-state index contributed by atoms with van der Waals surface area (Å²) in [7, 11) is 8.62. The zero-order valence-electron chi connectivity index (χ0n) is 58.5. The minimum Gasteiger partial charge on any atom is -0.391 e. The van der Waals surface area contributed by atoms with Crippen molar-refractivity contribution >= 4 is 65.3 Å². The highest BCUT2D eigenvalue weighted by molar-refractivity contribution is 5.98. The van der Waals surface area contributed by atoms with Crippen LogP contribution in [0.5, 0.6) is 0 Å². The van der Waals surface area contributed by atoms with Crippen LogP contribution in [0.3, 0.4) is 0 Å². The average molecular weight is 1280 g/mol. The monoisotopic (exact) mass is 1280 g/mol. The molecule has 8 amide bonds. The predicted molar refractivity (Wildman–Crippen MR) is 350 cm³/mol. The van der Waals surface area contributed by atoms with Gasteiger partial charge in [0.2, 0.25) is 41.4 Å². The number of nitrogens with zero attached hydrogens (tertiary/aromatic N) is 8. The van der Waals surface area contributed by atoms with Gasteiger partial charge in [0.15, 0.2) is 0 Å². The summed E-state index contributed by atoms with van der Waals surface area (Å²) in [5.41, 5.74) is 0.635. The third kappa shape index (κ3) is 23.7. The Morgan fingerprint density at radius 2 is 1.13 bits per heavy atom. The summed E-state index contributed by atoms with van der Waals surface area (Å²) >= 11 is 0. The number of morpholine rings is 1. The number of likely N-dealkylation sites (N-methyl/N-ethyl adjacent to an activating group) is 5. The van der Waals surface area contributed by atoms with Gasteiger partial charge in [-0.05, 0) is 119 Å². The second-order valence-electron chi connectivity index (χ2n) is 27.7. The van der Waals surface area contributed by atoms with Crippen LogP contribution in [-0.4, -0.2) is 240 Å². The molecule has 3 rings (SSSR count). The fourth-order valence-electron chi connectivity index (χ4n) is 11.5. The standard InChI is InChI=1S/C66H114N12O13/c1-38(2)32-48-62(85)76(20)56(43(11)12)64(87)77(21)57(58(81)44(13)24-22-25-47-26-23-27-51(68-47)78-28-30-90-31-29-78)61(84)71-55(46(15)79)63(86)72(16)37-54(80)73(17)49(33-39(3)4)60(83)70-53(36-42(9)10)75(19)52(35-41(7)8)67-45(14)65(88)91-66(89)74(18)50(34-40(5)6)59(82)69-48/h22-23,25-27,38-46,48-50,52-53,55-58,67,79,81H,24,28-37H2,1-21H3,(H,69,82)(H,70,83)(H,71,84)/b25-22+/t44-,45-,46-,48-,49+,50-,52-,53+,55?,56?,57?,58-/m1/s1. The van der Waals surface area contributed by atoms with Crippen LogP contribution >= 0.6 is 0 Å². The third-order valence-corrected chi connectivity index (χ3v) is 16.9. The van der Waals surface area contributed by atoms with E-state index in [0.29, 0.717) is 44.8 Å². The molecule has 1 aromatic heterocycles. The van der Waals surface area contributed by atoms with Gasteiger partial charge < -0.3 is 60.1 Å². The summed E-state index contributed by atoms with van der Waals surface area (Å²) in [5, 5.41) is 35.8. The van der Waals surface area contributed by atoms with E-state index in [0.717, 1.165) is 20.5 Å². The number of anilines is 1. The van der Waals surface area contributed by atoms with Gasteiger partial charge in [-0.15, -0.1) is 0 Å². The lowest BCUT2D eigenvalue weighted by atomic mass is 9.91. The number of hydrogen-bond donors (Lipinski definition) is 6. The van der Waals surface area contributed by atoms with Crippen molar-refractivity contribution in [2.75, 3.05) is 80.0 Å². The van der Waals surface area contributed by atoms with Gasteiger partial charge in [-0.3, -0.25) is 48.7 Å². The number of amides is 8. The van der Waals surface area contributed by atoms with Crippen LogP contribution in [0, 0.1) is 41.4 Å². The van der Waals surface area contributed by atoms with Gasteiger partial charge in [0.1, 0.15) is 48.1 Å². The number of esters is 1. The van der Waals surface area contributed by atoms with Crippen molar-refractivity contribution in [1.82, 2.24) is 55.7 Å². The van der Waals surface area contributed by atoms with Crippen molar-refractivity contribution in [3.63, 3.8) is 0 Å². The molecule has 0 bridgehead atoms. The van der Waals surface area contributed by atoms with E-state index in [-0.39, 0.29) is 55.3 Å². The first kappa shape index (κ1) is 79.0. The van der Waals surface area contributed by atoms with Gasteiger partial charge in [-0.2, -0.15) is 0 Å². The van der Waals surface area contributed by atoms with E-state index >= 15 is 14.4 Å². The number of aromatic nitrogens is 1. The van der Waals surface area contributed by atoms with Crippen LogP contribution in [0.4, 0.5) is 10.6 Å². The summed E-state index contributed by atoms with van der Waals surface area (Å²) in [6.45, 7) is 29.0. The molecule has 3 unspecified atom stereocenters. The number of carbonyl (C=O) groups excluding carboxylic acids is 9. The fraction of sp³-hybridized carbons (Fsp3) is 0.758. The molecule has 0 aliphatic carbocycles. The average Bonchev–Trinajstić information content (AvgIpc) is 2.35. The molecule has 0 saturated carbocycles. The zero-order valence-corrected chi connectivity index (χ0v) is 58.5. The molecular weight excluding hydrogens is 1170 g/mol. The molecule has 2 saturated heterocycles. The number of allylic oxidation sites excluding steroid dienone is 1. The smallest absolute Gasteiger partial charge is 0.391 e. The molecule has 6 N–H and O–H groups in total. The number of nitrogens with one attached hydrogen (secondary N) is 4. The maximum atomic E-state index is 15.3. The van der Waals surface area contributed by atoms with Gasteiger partial charge in [-0.25, -0.2) is 14.6 Å². The number of carbonyl (C=O) groups is 9. The number of aliphatic hydroxyl groups is 2. The van der Waals surface area contributed by atoms with E-state index in [2.05, 4.69) is 26.2 Å². The Kier molecular flexibility index (Phi) is 32.0. The molecule has 2 aliphatic rings. The van der Waals surface area contributed by atoms with Crippen LogP contribution in [0.25, 0.3) is 6.08 Å². The molecule has 0 radical (unpaired) electrons. The minimum absolute atomic E-state index is 0.0428. The van der Waals surface area contributed by atoms with Crippen LogP contribution in [0.15, 0.2) is 24.3 Å². The first-order chi connectivity index (χ1) is 42.4. The summed E-state index contributed by atoms with van der Waals surface area (Å²) in [6.07, 6.45) is -0.539. The molecule has 0 aromatic carbocycles. The minimum atomic E-state index is -1.77. The Morgan fingerprint density at radius 1 is 0.604 bits per heavy atom. The quantitative estimate of drug-likeness (QED) is 0.0889. The van der Waals surface area contributed by atoms with E-state index in [1.54, 1.807) is 46.9 Å². The molecule has 3 heterocycles. The number of aliphatic hydroxyl groups excluding tert-OH is 2. The summed E-state index contributed by atoms with van der Waals surface area (Å²) in [5.74, 6) is -7.17. The Morgan fingerprint density at radius 3 is 1.67 bits per heavy atom. The normalized spacial score (nSPS) is 26.2. The highest BCUT2D eigenvalue weighted by Gasteiger charge is 2.45. The highest BCUT2D eigenvalue weighted by Crippen LogP contribution is 2.25. The molecule has 25 heteroatoms. The first-order valence-electron chi connectivity index (χ1n) is 32.6. The lowest BCUT2D eigenvalue weighted by Gasteiger charge is -2.40. The molecule has 0 spiro atoms. The molecule has 2 fully saturated rings. The Hall–Kier alpha value is -6.28. The third-order valence-electron chi connectivity index (χ3n) is 16.9. The predicted octanol–water partition coefficient (Wildman–Crippen LogP) is 4.15. The lowest BCUT2D eigenvalue weighted by molar-refractivity contribution is -0.155. The molecule has 516 valence electrons. The number of hydrogen-bond acceptors (Lipinski definition) is 17. The second kappa shape index (κ2) is 36.8. The zero-order chi connectivity index (χ0) is 69.0. The van der Waals surface area contributed by atoms with E-state index in [1.807, 2.05) is 92.3 Å². The maximum Gasteiger partial charge on any atom is 0.417 e. The highest BCUT2D eigenvalue weighted by atomic mass is 16.6. The van der Waals surface area contributed by atoms with Crippen LogP contribution in [-0.2, 0) is 47.8 Å². The van der Waals surface area contributed by atoms with Crippen molar-refractivity contribution in [3.8, 4) is 0 Å². The molecule has 1 aromatic rings. The second-order valence-corrected chi connectivity index (χ2v) is 27.7. The van der Waals surface area contributed by atoms with E-state index in [1.165, 1.54) is 52.0 Å². The number of cyclic esters (lactones) is 2. The summed E-state index contributed by atoms with van der Waals surface area (Å²) in [4.78, 5) is 146. The van der Waals surface area contributed by atoms with Crippen molar-refractivity contribution in [3.05, 3.63) is 30.0 Å². The summed E-state index contributed by atoms with van der Waals surface area (Å²) in [6, 6.07) is -3.85. The SMILES string of the molecule is CC(C)C[C@@H]1C(=O)N[C@H](CC(C)C)C(=O)N(C)C(C(C)C)C(=O)N(C)C([C@H](O)[C@H](C)C/C=C/c2cccc(N3CCOCC3)n2)C(=O)NC([C@@H](C)O)C(=O)N(C)CC(=O)N(C)[C@@H](CC(C)C)C(=O)N[C@H](CC(C)C)N(C)[C@H](CC(C)C)N[C@H](C)C(=O)OC(=O)N1C. The largest absolute Gasteiger partial charge is 0.417 e. The van der Waals surface area contributed by atoms with Gasteiger partial charge in [-0.1, -0.05) is 102 Å². The van der Waals surface area contributed by atoms with Gasteiger partial charge in [0.25, 0.3) is 0 Å². The number of ether oxygens (including phenoxy) is 2. The van der Waals surface area contributed by atoms with Gasteiger partial charge >= 0.3 is 12.1 Å². The first-order valence-corrected chi connectivity index (χ1v) is 32.6. The Balaban J connectivity index is 2.29. The molecule has 91 heavy (non-hydrogen) atoms. The van der Waals surface area contributed by atoms with Crippen molar-refractivity contribution < 1.29 is 62.8 Å². The van der Waals surface area contributed by atoms with Crippen molar-refractivity contribution in [2.45, 2.75) is 209 Å². The number of rotatable bonds is 18. The van der Waals surface area contributed by atoms with E-state index < -0.39 is 139 Å². The Labute approximate surface area is 542 Å². The van der Waals surface area contributed by atoms with Gasteiger partial charge in [0, 0.05) is 48.3 Å². The molecular formula is C66H114N12O13. The van der Waals surface area contributed by atoms with E-state index in [4.69, 9.17) is 14.5 Å². The molecule has 25 nitrogen and oxygen atoms in total. The number of pyridine rings is 1. The topological polar surface area (TPSA) is 296 Å². The van der Waals surface area contributed by atoms with Gasteiger partial charge in [0.05, 0.1) is 50.0 Å². The maximum absolute atomic E-state index is 15.3. The van der Waals surface area contributed by atoms with Crippen molar-refractivity contribution in [1.29, 1.82) is 0 Å². The summed E-state index contributed by atoms with van der Waals surface area (Å²) < 4.78 is 11.0. The fourth-order valence-corrected chi connectivity index (χ4v) is 11.5. The van der Waals surface area contributed by atoms with E-state index in [9.17, 15) is 39.0 Å². The van der Waals surface area contributed by atoms with Crippen molar-refractivity contribution in [2.24, 2.45) is 41.4 Å². The van der Waals surface area contributed by atoms with Crippen LogP contribution in [0.1, 0.15) is 148 Å². The van der Waals surface area contributed by atoms with Crippen LogP contribution in [0.2, 0.25) is 0 Å². The molecule has 2 aliphatic heterocycles. The molecule has 12 atom stereocenters. The lowest BCUT2D eigenvalue weighted by Crippen LogP contribution is -2.64. The van der Waals surface area contributed by atoms with Crippen LogP contribution < -0.4 is 26.2 Å².